The zero-order valence-electron chi connectivity index (χ0n) is 18.2. The predicted octanol–water partition coefficient (Wildman–Crippen LogP) is 5.42. The first-order chi connectivity index (χ1) is 13.0. The van der Waals surface area contributed by atoms with Crippen LogP contribution in [-0.2, 0) is 19.1 Å². The summed E-state index contributed by atoms with van der Waals surface area (Å²) in [5.41, 5.74) is 2.96. The summed E-state index contributed by atoms with van der Waals surface area (Å²) in [6.45, 7) is 13.8. The molecular formula is C24H32O4. The highest BCUT2D eigenvalue weighted by molar-refractivity contribution is 6.21. The molecule has 0 atom stereocenters. The third-order valence-electron chi connectivity index (χ3n) is 6.64. The van der Waals surface area contributed by atoms with Crippen molar-refractivity contribution in [1.82, 2.24) is 0 Å². The summed E-state index contributed by atoms with van der Waals surface area (Å²) in [7, 11) is 0. The van der Waals surface area contributed by atoms with E-state index in [1.165, 1.54) is 0 Å². The number of carbonyl (C=O) groups is 2. The Morgan fingerprint density at radius 3 is 2.14 bits per heavy atom. The molecule has 1 aliphatic carbocycles. The van der Waals surface area contributed by atoms with Crippen molar-refractivity contribution in [1.29, 1.82) is 0 Å². The van der Waals surface area contributed by atoms with E-state index in [1.54, 1.807) is 0 Å². The lowest BCUT2D eigenvalue weighted by molar-refractivity contribution is -0.159. The maximum absolute atomic E-state index is 13.1. The van der Waals surface area contributed by atoms with E-state index >= 15 is 0 Å². The van der Waals surface area contributed by atoms with Crippen molar-refractivity contribution in [2.24, 2.45) is 11.3 Å². The van der Waals surface area contributed by atoms with Gasteiger partial charge in [0.2, 0.25) is 0 Å². The van der Waals surface area contributed by atoms with Crippen LogP contribution in [0.3, 0.4) is 0 Å². The number of esters is 2. The average molecular weight is 385 g/mol. The van der Waals surface area contributed by atoms with Crippen LogP contribution in [-0.4, -0.2) is 17.5 Å². The van der Waals surface area contributed by atoms with Crippen molar-refractivity contribution in [2.75, 3.05) is 0 Å². The van der Waals surface area contributed by atoms with Crippen LogP contribution >= 0.6 is 0 Å². The highest BCUT2D eigenvalue weighted by atomic mass is 16.6. The summed E-state index contributed by atoms with van der Waals surface area (Å²) in [5, 5.41) is 0. The molecule has 1 spiro atoms. The smallest absolute Gasteiger partial charge is 0.343 e. The minimum Gasteiger partial charge on any atom is -0.447 e. The molecule has 1 aromatic rings. The van der Waals surface area contributed by atoms with Gasteiger partial charge in [0.15, 0.2) is 11.4 Å². The number of aryl methyl sites for hydroxylation is 3. The highest BCUT2D eigenvalue weighted by Gasteiger charge is 2.53. The van der Waals surface area contributed by atoms with Crippen molar-refractivity contribution in [3.63, 3.8) is 0 Å². The Balaban J connectivity index is 2.18. The standard InChI is InChI=1S/C24H32O4/c1-14(2)23(6,7)22(26)27-20-19(18-16(4)12-15(3)13-17(18)5)21(25)28-24(20)10-8-9-11-24/h12-14H,8-11H2,1-7H3. The van der Waals surface area contributed by atoms with Gasteiger partial charge in [-0.15, -0.1) is 0 Å². The lowest BCUT2D eigenvalue weighted by Crippen LogP contribution is -2.36. The van der Waals surface area contributed by atoms with E-state index in [2.05, 4.69) is 12.1 Å². The molecule has 1 fully saturated rings. The zero-order chi connectivity index (χ0) is 20.9. The molecule has 4 heteroatoms. The molecule has 152 valence electrons. The summed E-state index contributed by atoms with van der Waals surface area (Å²) >= 11 is 0. The maximum atomic E-state index is 13.1. The van der Waals surface area contributed by atoms with Crippen LogP contribution in [0, 0.1) is 32.1 Å². The largest absolute Gasteiger partial charge is 0.447 e. The fourth-order valence-electron chi connectivity index (χ4n) is 4.26. The predicted molar refractivity (Wildman–Crippen MR) is 110 cm³/mol. The van der Waals surface area contributed by atoms with Crippen molar-refractivity contribution in [3.8, 4) is 0 Å². The lowest BCUT2D eigenvalue weighted by atomic mass is 9.81. The van der Waals surface area contributed by atoms with Gasteiger partial charge in [-0.05, 0) is 82.9 Å². The molecule has 0 unspecified atom stereocenters. The van der Waals surface area contributed by atoms with Crippen LogP contribution in [0.2, 0.25) is 0 Å². The van der Waals surface area contributed by atoms with Crippen LogP contribution in [0.5, 0.6) is 0 Å². The molecule has 0 N–H and O–H groups in total. The van der Waals surface area contributed by atoms with Crippen LogP contribution < -0.4 is 0 Å². The molecule has 0 bridgehead atoms. The van der Waals surface area contributed by atoms with Gasteiger partial charge in [-0.25, -0.2) is 4.79 Å². The zero-order valence-corrected chi connectivity index (χ0v) is 18.2. The molecule has 2 aliphatic rings. The van der Waals surface area contributed by atoms with Gasteiger partial charge in [0.1, 0.15) is 5.57 Å². The van der Waals surface area contributed by atoms with Crippen LogP contribution in [0.4, 0.5) is 0 Å². The van der Waals surface area contributed by atoms with Crippen molar-refractivity contribution in [2.45, 2.75) is 79.8 Å². The maximum Gasteiger partial charge on any atom is 0.343 e. The van der Waals surface area contributed by atoms with Gasteiger partial charge in [0, 0.05) is 0 Å². The topological polar surface area (TPSA) is 52.6 Å². The number of hydrogen-bond acceptors (Lipinski definition) is 4. The Hall–Kier alpha value is -2.10. The van der Waals surface area contributed by atoms with Gasteiger partial charge in [0.05, 0.1) is 5.41 Å². The van der Waals surface area contributed by atoms with Crippen LogP contribution in [0.15, 0.2) is 17.9 Å². The van der Waals surface area contributed by atoms with E-state index < -0.39 is 11.0 Å². The average Bonchev–Trinajstić information content (AvgIpc) is 3.14. The second kappa shape index (κ2) is 7.06. The number of carbonyl (C=O) groups excluding carboxylic acids is 2. The Kier molecular flexibility index (Phi) is 5.20. The van der Waals surface area contributed by atoms with Crippen LogP contribution in [0.25, 0.3) is 5.57 Å². The molecule has 0 aromatic heterocycles. The Morgan fingerprint density at radius 1 is 1.11 bits per heavy atom. The molecule has 4 nitrogen and oxygen atoms in total. The molecule has 3 rings (SSSR count). The monoisotopic (exact) mass is 384 g/mol. The van der Waals surface area contributed by atoms with Crippen molar-refractivity contribution < 1.29 is 19.1 Å². The molecule has 1 aromatic carbocycles. The minimum absolute atomic E-state index is 0.115. The highest BCUT2D eigenvalue weighted by Crippen LogP contribution is 2.50. The van der Waals surface area contributed by atoms with Gasteiger partial charge < -0.3 is 9.47 Å². The first-order valence-electron chi connectivity index (χ1n) is 10.3. The fraction of sp³-hybridized carbons (Fsp3) is 0.583. The lowest BCUT2D eigenvalue weighted by Gasteiger charge is -2.30. The van der Waals surface area contributed by atoms with Gasteiger partial charge in [-0.3, -0.25) is 4.79 Å². The van der Waals surface area contributed by atoms with E-state index in [4.69, 9.17) is 9.47 Å². The fourth-order valence-corrected chi connectivity index (χ4v) is 4.26. The Bertz CT molecular complexity index is 828. The second-order valence-electron chi connectivity index (χ2n) is 9.33. The number of hydrogen-bond donors (Lipinski definition) is 0. The van der Waals surface area contributed by atoms with Crippen molar-refractivity contribution in [3.05, 3.63) is 40.1 Å². The second-order valence-corrected chi connectivity index (χ2v) is 9.33. The summed E-state index contributed by atoms with van der Waals surface area (Å²) in [4.78, 5) is 26.1. The molecule has 1 aliphatic heterocycles. The molecule has 1 saturated carbocycles. The molecule has 1 heterocycles. The number of ether oxygens (including phenoxy) is 2. The van der Waals surface area contributed by atoms with Crippen LogP contribution in [0.1, 0.15) is 75.6 Å². The summed E-state index contributed by atoms with van der Waals surface area (Å²) < 4.78 is 12.0. The molecule has 0 radical (unpaired) electrons. The van der Waals surface area contributed by atoms with E-state index in [0.717, 1.165) is 35.1 Å². The minimum atomic E-state index is -0.793. The van der Waals surface area contributed by atoms with E-state index in [-0.39, 0.29) is 17.9 Å². The van der Waals surface area contributed by atoms with Gasteiger partial charge in [-0.1, -0.05) is 31.5 Å². The van der Waals surface area contributed by atoms with E-state index in [1.807, 2.05) is 48.5 Å². The third-order valence-corrected chi connectivity index (χ3v) is 6.64. The molecule has 0 amide bonds. The summed E-state index contributed by atoms with van der Waals surface area (Å²) in [6, 6.07) is 4.11. The first-order valence-corrected chi connectivity index (χ1v) is 10.3. The van der Waals surface area contributed by atoms with Crippen molar-refractivity contribution >= 4 is 17.5 Å². The first kappa shape index (κ1) is 20.6. The summed E-state index contributed by atoms with van der Waals surface area (Å²) in [5.74, 6) is -0.127. The van der Waals surface area contributed by atoms with Gasteiger partial charge in [-0.2, -0.15) is 0 Å². The van der Waals surface area contributed by atoms with E-state index in [9.17, 15) is 9.59 Å². The molecule has 0 saturated heterocycles. The third kappa shape index (κ3) is 3.27. The number of benzene rings is 1. The van der Waals surface area contributed by atoms with E-state index in [0.29, 0.717) is 24.2 Å². The number of rotatable bonds is 4. The molecular weight excluding hydrogens is 352 g/mol. The quantitative estimate of drug-likeness (QED) is 0.651. The normalized spacial score (nSPS) is 18.9. The Morgan fingerprint density at radius 2 is 1.64 bits per heavy atom. The molecule has 28 heavy (non-hydrogen) atoms. The van der Waals surface area contributed by atoms with Gasteiger partial charge in [0.25, 0.3) is 0 Å². The SMILES string of the molecule is Cc1cc(C)c(C2=C(OC(=O)C(C)(C)C(C)C)C3(CCCC3)OC2=O)c(C)c1. The summed E-state index contributed by atoms with van der Waals surface area (Å²) in [6.07, 6.45) is 3.33. The van der Waals surface area contributed by atoms with Gasteiger partial charge >= 0.3 is 11.9 Å². The Labute approximate surface area is 168 Å².